The number of ether oxygens (including phenoxy) is 1. The van der Waals surface area contributed by atoms with E-state index in [-0.39, 0.29) is 5.60 Å². The normalized spacial score (nSPS) is 14.3. The van der Waals surface area contributed by atoms with Crippen LogP contribution in [0.25, 0.3) is 0 Å². The van der Waals surface area contributed by atoms with Gasteiger partial charge in [-0.15, -0.1) is 6.58 Å². The van der Waals surface area contributed by atoms with E-state index in [1.54, 1.807) is 0 Å². The summed E-state index contributed by atoms with van der Waals surface area (Å²) in [6.07, 6.45) is 16.4. The molecular formula is C18H36O. The second-order valence-corrected chi connectivity index (χ2v) is 5.68. The van der Waals surface area contributed by atoms with Crippen LogP contribution in [0.1, 0.15) is 91.4 Å². The van der Waals surface area contributed by atoms with E-state index >= 15 is 0 Å². The molecule has 1 unspecified atom stereocenters. The van der Waals surface area contributed by atoms with Gasteiger partial charge >= 0.3 is 0 Å². The average Bonchev–Trinajstić information content (AvgIpc) is 2.43. The fraction of sp³-hybridized carbons (Fsp3) is 0.889. The van der Waals surface area contributed by atoms with Gasteiger partial charge in [-0.2, -0.15) is 0 Å². The third kappa shape index (κ3) is 9.27. The largest absolute Gasteiger partial charge is 0.371 e. The fourth-order valence-corrected chi connectivity index (χ4v) is 2.68. The highest BCUT2D eigenvalue weighted by Gasteiger charge is 2.25. The maximum atomic E-state index is 6.01. The zero-order chi connectivity index (χ0) is 14.4. The minimum atomic E-state index is -0.0474. The highest BCUT2D eigenvalue weighted by Crippen LogP contribution is 2.27. The van der Waals surface area contributed by atoms with Crippen LogP contribution >= 0.6 is 0 Å². The summed E-state index contributed by atoms with van der Waals surface area (Å²) in [6.45, 7) is 11.4. The average molecular weight is 268 g/mol. The predicted molar refractivity (Wildman–Crippen MR) is 86.7 cm³/mol. The Hall–Kier alpha value is -0.300. The first-order chi connectivity index (χ1) is 9.24. The van der Waals surface area contributed by atoms with E-state index in [1.165, 1.54) is 57.8 Å². The highest BCUT2D eigenvalue weighted by molar-refractivity contribution is 4.97. The molecule has 0 saturated carbocycles. The van der Waals surface area contributed by atoms with Crippen molar-refractivity contribution in [3.05, 3.63) is 12.7 Å². The zero-order valence-corrected chi connectivity index (χ0v) is 13.7. The van der Waals surface area contributed by atoms with Gasteiger partial charge in [0.2, 0.25) is 0 Å². The van der Waals surface area contributed by atoms with Gasteiger partial charge in [-0.3, -0.25) is 0 Å². The molecule has 0 aliphatic heterocycles. The number of unbranched alkanes of at least 4 members (excludes halogenated alkanes) is 7. The van der Waals surface area contributed by atoms with Crippen LogP contribution in [0, 0.1) is 0 Å². The Kier molecular flexibility index (Phi) is 12.5. The monoisotopic (exact) mass is 268 g/mol. The quantitative estimate of drug-likeness (QED) is 0.266. The molecular weight excluding hydrogens is 232 g/mol. The topological polar surface area (TPSA) is 9.23 Å². The summed E-state index contributed by atoms with van der Waals surface area (Å²) in [5.41, 5.74) is -0.0474. The molecule has 0 radical (unpaired) electrons. The Labute approximate surface area is 121 Å². The highest BCUT2D eigenvalue weighted by atomic mass is 16.5. The molecule has 0 bridgehead atoms. The predicted octanol–water partition coefficient (Wildman–Crippen LogP) is 6.28. The summed E-state index contributed by atoms with van der Waals surface area (Å²) in [5, 5.41) is 0. The van der Waals surface area contributed by atoms with E-state index in [1.807, 2.05) is 0 Å². The van der Waals surface area contributed by atoms with Crippen molar-refractivity contribution >= 4 is 0 Å². The van der Waals surface area contributed by atoms with Crippen LogP contribution in [-0.4, -0.2) is 12.2 Å². The smallest absolute Gasteiger partial charge is 0.0859 e. The van der Waals surface area contributed by atoms with Crippen LogP contribution in [0.5, 0.6) is 0 Å². The molecule has 0 fully saturated rings. The summed E-state index contributed by atoms with van der Waals surface area (Å²) in [6, 6.07) is 0. The fourth-order valence-electron chi connectivity index (χ4n) is 2.68. The molecule has 1 nitrogen and oxygen atoms in total. The third-order valence-corrected chi connectivity index (χ3v) is 3.96. The second-order valence-electron chi connectivity index (χ2n) is 5.68. The van der Waals surface area contributed by atoms with Gasteiger partial charge in [0.15, 0.2) is 0 Å². The molecule has 1 atom stereocenters. The summed E-state index contributed by atoms with van der Waals surface area (Å²) in [5.74, 6) is 0. The van der Waals surface area contributed by atoms with Crippen molar-refractivity contribution in [1.29, 1.82) is 0 Å². The van der Waals surface area contributed by atoms with Gasteiger partial charge in [-0.25, -0.2) is 0 Å². The molecule has 0 N–H and O–H groups in total. The number of hydrogen-bond acceptors (Lipinski definition) is 1. The van der Waals surface area contributed by atoms with Crippen molar-refractivity contribution in [3.8, 4) is 0 Å². The van der Waals surface area contributed by atoms with E-state index in [4.69, 9.17) is 4.74 Å². The van der Waals surface area contributed by atoms with Gasteiger partial charge in [0.1, 0.15) is 0 Å². The van der Waals surface area contributed by atoms with Gasteiger partial charge in [-0.1, -0.05) is 77.7 Å². The summed E-state index contributed by atoms with van der Waals surface area (Å²) >= 11 is 0. The van der Waals surface area contributed by atoms with Crippen molar-refractivity contribution in [2.24, 2.45) is 0 Å². The Balaban J connectivity index is 3.87. The van der Waals surface area contributed by atoms with Crippen molar-refractivity contribution in [3.63, 3.8) is 0 Å². The first kappa shape index (κ1) is 18.7. The van der Waals surface area contributed by atoms with Crippen LogP contribution < -0.4 is 0 Å². The van der Waals surface area contributed by atoms with Crippen LogP contribution in [0.3, 0.4) is 0 Å². The number of hydrogen-bond donors (Lipinski definition) is 0. The minimum absolute atomic E-state index is 0.0474. The van der Waals surface area contributed by atoms with Crippen LogP contribution in [-0.2, 0) is 4.74 Å². The molecule has 114 valence electrons. The summed E-state index contributed by atoms with van der Waals surface area (Å²) in [4.78, 5) is 0. The molecule has 0 aliphatic rings. The van der Waals surface area contributed by atoms with Gasteiger partial charge < -0.3 is 4.74 Å². The minimum Gasteiger partial charge on any atom is -0.371 e. The first-order valence-electron chi connectivity index (χ1n) is 8.52. The molecule has 0 heterocycles. The zero-order valence-electron chi connectivity index (χ0n) is 13.7. The Bertz CT molecular complexity index is 200. The lowest BCUT2D eigenvalue weighted by Gasteiger charge is -2.30. The van der Waals surface area contributed by atoms with Gasteiger partial charge in [0.05, 0.1) is 5.60 Å². The second kappa shape index (κ2) is 12.7. The maximum Gasteiger partial charge on any atom is 0.0859 e. The lowest BCUT2D eigenvalue weighted by Crippen LogP contribution is -2.30. The van der Waals surface area contributed by atoms with E-state index in [2.05, 4.69) is 33.4 Å². The Morgan fingerprint density at radius 2 is 1.32 bits per heavy atom. The van der Waals surface area contributed by atoms with Gasteiger partial charge in [-0.05, 0) is 19.8 Å². The third-order valence-electron chi connectivity index (χ3n) is 3.96. The number of rotatable bonds is 14. The van der Waals surface area contributed by atoms with Gasteiger partial charge in [0.25, 0.3) is 0 Å². The molecule has 0 amide bonds. The summed E-state index contributed by atoms with van der Waals surface area (Å²) in [7, 11) is 0. The van der Waals surface area contributed by atoms with E-state index in [0.717, 1.165) is 19.4 Å². The van der Waals surface area contributed by atoms with Gasteiger partial charge in [0, 0.05) is 6.61 Å². The van der Waals surface area contributed by atoms with Crippen molar-refractivity contribution in [2.75, 3.05) is 6.61 Å². The lowest BCUT2D eigenvalue weighted by molar-refractivity contribution is -0.0163. The van der Waals surface area contributed by atoms with E-state index in [9.17, 15) is 0 Å². The van der Waals surface area contributed by atoms with Crippen molar-refractivity contribution < 1.29 is 4.74 Å². The first-order valence-corrected chi connectivity index (χ1v) is 8.52. The van der Waals surface area contributed by atoms with Crippen LogP contribution in [0.15, 0.2) is 12.7 Å². The molecule has 19 heavy (non-hydrogen) atoms. The molecule has 0 aromatic rings. The van der Waals surface area contributed by atoms with Crippen LogP contribution in [0.4, 0.5) is 0 Å². The molecule has 0 saturated heterocycles. The molecule has 0 spiro atoms. The Morgan fingerprint density at radius 1 is 0.789 bits per heavy atom. The molecule has 0 aromatic heterocycles. The molecule has 1 heteroatoms. The van der Waals surface area contributed by atoms with E-state index in [0.29, 0.717) is 0 Å². The van der Waals surface area contributed by atoms with Crippen molar-refractivity contribution in [1.82, 2.24) is 0 Å². The van der Waals surface area contributed by atoms with Crippen LogP contribution in [0.2, 0.25) is 0 Å². The maximum absolute atomic E-state index is 6.01. The molecule has 0 aliphatic carbocycles. The Morgan fingerprint density at radius 3 is 1.84 bits per heavy atom. The standard InChI is InChI=1S/C18H36O/c1-5-9-11-12-13-14-15-17-18(7-3,19-8-4)16-10-6-2/h7H,3,5-6,8-17H2,1-2,4H3. The van der Waals surface area contributed by atoms with Crippen molar-refractivity contribution in [2.45, 2.75) is 97.0 Å². The lowest BCUT2D eigenvalue weighted by atomic mass is 9.90. The van der Waals surface area contributed by atoms with E-state index < -0.39 is 0 Å². The SMILES string of the molecule is C=CC(CCCC)(CCCCCCCCC)OCC. The molecule has 0 aromatic carbocycles. The summed E-state index contributed by atoms with van der Waals surface area (Å²) < 4.78 is 6.01. The molecule has 0 rings (SSSR count).